The summed E-state index contributed by atoms with van der Waals surface area (Å²) >= 11 is 6.29. The van der Waals surface area contributed by atoms with Crippen molar-refractivity contribution in [1.82, 2.24) is 10.2 Å². The largest absolute Gasteiger partial charge is 0.376 e. The molecule has 0 unspecified atom stereocenters. The van der Waals surface area contributed by atoms with Crippen molar-refractivity contribution in [3.63, 3.8) is 0 Å². The molecule has 0 bridgehead atoms. The molecule has 1 fully saturated rings. The lowest BCUT2D eigenvalue weighted by Gasteiger charge is -2.38. The van der Waals surface area contributed by atoms with E-state index in [2.05, 4.69) is 10.2 Å². The van der Waals surface area contributed by atoms with Crippen LogP contribution in [-0.4, -0.2) is 43.2 Å². The minimum atomic E-state index is -0.346. The SMILES string of the molecule is C[C@H]1CN([C@@H](CNC(=O)CC(C)(C)C)c2c(F)cccc2Cl)CCO1. The summed E-state index contributed by atoms with van der Waals surface area (Å²) in [6.45, 7) is 10.3. The standard InChI is InChI=1S/C19H28ClFN2O2/c1-13-12-23(8-9-25-13)16(11-22-17(24)10-19(2,3)4)18-14(20)6-5-7-15(18)21/h5-7,13,16H,8-12H2,1-4H3,(H,22,24)/t13-,16-/m0/s1. The second-order valence-electron chi connectivity index (χ2n) is 7.87. The van der Waals surface area contributed by atoms with Gasteiger partial charge in [0, 0.05) is 36.6 Å². The summed E-state index contributed by atoms with van der Waals surface area (Å²) in [7, 11) is 0. The van der Waals surface area contributed by atoms with E-state index in [9.17, 15) is 9.18 Å². The molecule has 1 N–H and O–H groups in total. The van der Waals surface area contributed by atoms with Gasteiger partial charge in [-0.25, -0.2) is 4.39 Å². The molecule has 0 radical (unpaired) electrons. The predicted octanol–water partition coefficient (Wildman–Crippen LogP) is 3.79. The number of benzene rings is 1. The van der Waals surface area contributed by atoms with Crippen LogP contribution in [0.4, 0.5) is 4.39 Å². The van der Waals surface area contributed by atoms with Crippen LogP contribution in [0.5, 0.6) is 0 Å². The molecule has 0 aliphatic carbocycles. The summed E-state index contributed by atoms with van der Waals surface area (Å²) in [6.07, 6.45) is 0.483. The van der Waals surface area contributed by atoms with E-state index in [1.165, 1.54) is 6.07 Å². The fraction of sp³-hybridized carbons (Fsp3) is 0.632. The second kappa shape index (κ2) is 8.47. The Balaban J connectivity index is 2.19. The van der Waals surface area contributed by atoms with Gasteiger partial charge in [-0.05, 0) is 24.5 Å². The highest BCUT2D eigenvalue weighted by Gasteiger charge is 2.29. The van der Waals surface area contributed by atoms with E-state index in [1.54, 1.807) is 12.1 Å². The molecule has 1 heterocycles. The Morgan fingerprint density at radius 1 is 1.48 bits per heavy atom. The summed E-state index contributed by atoms with van der Waals surface area (Å²) in [6, 6.07) is 4.38. The summed E-state index contributed by atoms with van der Waals surface area (Å²) in [5, 5.41) is 3.34. The predicted molar refractivity (Wildman–Crippen MR) is 98.2 cm³/mol. The zero-order valence-corrected chi connectivity index (χ0v) is 16.2. The van der Waals surface area contributed by atoms with E-state index >= 15 is 0 Å². The summed E-state index contributed by atoms with van der Waals surface area (Å²) < 4.78 is 20.1. The molecule has 1 aliphatic rings. The lowest BCUT2D eigenvalue weighted by atomic mass is 9.92. The maximum atomic E-state index is 14.5. The monoisotopic (exact) mass is 370 g/mol. The fourth-order valence-corrected chi connectivity index (χ4v) is 3.41. The minimum absolute atomic E-state index is 0.0359. The van der Waals surface area contributed by atoms with Gasteiger partial charge in [0.05, 0.1) is 18.8 Å². The number of ether oxygens (including phenoxy) is 1. The molecule has 0 aromatic heterocycles. The molecular weight excluding hydrogens is 343 g/mol. The topological polar surface area (TPSA) is 41.6 Å². The molecule has 2 rings (SSSR count). The number of carbonyl (C=O) groups excluding carboxylic acids is 1. The van der Waals surface area contributed by atoms with Crippen LogP contribution in [0.1, 0.15) is 45.7 Å². The number of nitrogens with one attached hydrogen (secondary N) is 1. The normalized spacial score (nSPS) is 20.3. The molecule has 0 spiro atoms. The van der Waals surface area contributed by atoms with Crippen molar-refractivity contribution in [3.8, 4) is 0 Å². The van der Waals surface area contributed by atoms with Crippen molar-refractivity contribution in [2.75, 3.05) is 26.2 Å². The van der Waals surface area contributed by atoms with Gasteiger partial charge in [-0.1, -0.05) is 38.4 Å². The smallest absolute Gasteiger partial charge is 0.220 e. The number of nitrogens with zero attached hydrogens (tertiary/aromatic N) is 1. The number of morpholine rings is 1. The van der Waals surface area contributed by atoms with Crippen molar-refractivity contribution < 1.29 is 13.9 Å². The van der Waals surface area contributed by atoms with Gasteiger partial charge >= 0.3 is 0 Å². The third kappa shape index (κ3) is 5.94. The van der Waals surface area contributed by atoms with Gasteiger partial charge in [0.2, 0.25) is 5.91 Å². The summed E-state index contributed by atoms with van der Waals surface area (Å²) in [5.41, 5.74) is 0.345. The van der Waals surface area contributed by atoms with Gasteiger partial charge in [0.25, 0.3) is 0 Å². The quantitative estimate of drug-likeness (QED) is 0.857. The van der Waals surface area contributed by atoms with Crippen LogP contribution in [0, 0.1) is 11.2 Å². The molecule has 6 heteroatoms. The average molecular weight is 371 g/mol. The number of carbonyl (C=O) groups is 1. The van der Waals surface area contributed by atoms with Crippen LogP contribution in [0.2, 0.25) is 5.02 Å². The summed E-state index contributed by atoms with van der Waals surface area (Å²) in [5.74, 6) is -0.381. The molecule has 1 amide bonds. The first-order valence-electron chi connectivity index (χ1n) is 8.73. The van der Waals surface area contributed by atoms with Crippen LogP contribution in [-0.2, 0) is 9.53 Å². The number of halogens is 2. The number of hydrogen-bond acceptors (Lipinski definition) is 3. The van der Waals surface area contributed by atoms with Crippen LogP contribution in [0.25, 0.3) is 0 Å². The third-order valence-electron chi connectivity index (χ3n) is 4.23. The molecule has 140 valence electrons. The first-order chi connectivity index (χ1) is 11.7. The van der Waals surface area contributed by atoms with Gasteiger partial charge in [-0.3, -0.25) is 9.69 Å². The number of hydrogen-bond donors (Lipinski definition) is 1. The maximum Gasteiger partial charge on any atom is 0.220 e. The molecule has 1 aromatic carbocycles. The van der Waals surface area contributed by atoms with Crippen molar-refractivity contribution in [3.05, 3.63) is 34.6 Å². The zero-order valence-electron chi connectivity index (χ0n) is 15.4. The highest BCUT2D eigenvalue weighted by molar-refractivity contribution is 6.31. The lowest BCUT2D eigenvalue weighted by Crippen LogP contribution is -2.47. The van der Waals surface area contributed by atoms with Crippen molar-refractivity contribution in [2.24, 2.45) is 5.41 Å². The maximum absolute atomic E-state index is 14.5. The van der Waals surface area contributed by atoms with Crippen LogP contribution < -0.4 is 5.32 Å². The number of amides is 1. The van der Waals surface area contributed by atoms with Gasteiger partial charge in [0.1, 0.15) is 5.82 Å². The van der Waals surface area contributed by atoms with E-state index in [-0.39, 0.29) is 29.3 Å². The van der Waals surface area contributed by atoms with Gasteiger partial charge in [0.15, 0.2) is 0 Å². The molecule has 1 aromatic rings. The fourth-order valence-electron chi connectivity index (χ4n) is 3.13. The van der Waals surface area contributed by atoms with Crippen molar-refractivity contribution in [1.29, 1.82) is 0 Å². The first kappa shape index (κ1) is 20.1. The highest BCUT2D eigenvalue weighted by Crippen LogP contribution is 2.31. The molecule has 1 aliphatic heterocycles. The lowest BCUT2D eigenvalue weighted by molar-refractivity contribution is -0.123. The van der Waals surface area contributed by atoms with E-state index in [4.69, 9.17) is 16.3 Å². The molecule has 1 saturated heterocycles. The minimum Gasteiger partial charge on any atom is -0.376 e. The van der Waals surface area contributed by atoms with Crippen LogP contribution in [0.15, 0.2) is 18.2 Å². The van der Waals surface area contributed by atoms with Crippen LogP contribution in [0.3, 0.4) is 0 Å². The Labute approximate surface area is 154 Å². The summed E-state index contributed by atoms with van der Waals surface area (Å²) in [4.78, 5) is 14.4. The average Bonchev–Trinajstić information content (AvgIpc) is 2.48. The Kier molecular flexibility index (Phi) is 6.83. The van der Waals surface area contributed by atoms with Gasteiger partial charge in [-0.15, -0.1) is 0 Å². The molecule has 2 atom stereocenters. The van der Waals surface area contributed by atoms with E-state index in [1.807, 2.05) is 27.7 Å². The first-order valence-corrected chi connectivity index (χ1v) is 9.11. The van der Waals surface area contributed by atoms with E-state index in [0.717, 1.165) is 0 Å². The Hall–Kier alpha value is -1.17. The second-order valence-corrected chi connectivity index (χ2v) is 8.28. The highest BCUT2D eigenvalue weighted by atomic mass is 35.5. The third-order valence-corrected chi connectivity index (χ3v) is 4.56. The molecule has 4 nitrogen and oxygen atoms in total. The van der Waals surface area contributed by atoms with Crippen LogP contribution >= 0.6 is 11.6 Å². The van der Waals surface area contributed by atoms with E-state index in [0.29, 0.717) is 43.2 Å². The van der Waals surface area contributed by atoms with Crippen molar-refractivity contribution >= 4 is 17.5 Å². The Bertz CT molecular complexity index is 583. The number of rotatable bonds is 5. The Morgan fingerprint density at radius 2 is 2.20 bits per heavy atom. The van der Waals surface area contributed by atoms with Gasteiger partial charge in [-0.2, -0.15) is 0 Å². The molecular formula is C19H28ClFN2O2. The van der Waals surface area contributed by atoms with E-state index < -0.39 is 0 Å². The Morgan fingerprint density at radius 3 is 2.80 bits per heavy atom. The zero-order chi connectivity index (χ0) is 18.6. The van der Waals surface area contributed by atoms with Gasteiger partial charge < -0.3 is 10.1 Å². The van der Waals surface area contributed by atoms with Crippen molar-refractivity contribution in [2.45, 2.75) is 46.3 Å². The molecule has 0 saturated carbocycles. The molecule has 25 heavy (non-hydrogen) atoms.